The Kier molecular flexibility index (Phi) is 10.4. The maximum atomic E-state index is 13.7. The van der Waals surface area contributed by atoms with Crippen LogP contribution in [-0.4, -0.2) is 86.5 Å². The molecule has 1 heterocycles. The van der Waals surface area contributed by atoms with Crippen LogP contribution in [0, 0.1) is 30.1 Å². The normalized spacial score (nSPS) is 33.9. The van der Waals surface area contributed by atoms with Crippen LogP contribution < -0.4 is 0 Å². The number of carbonyl (C=O) groups is 3. The number of fused-ring (bicyclic) bond motifs is 1. The Labute approximate surface area is 271 Å². The zero-order valence-corrected chi connectivity index (χ0v) is 27.7. The molecule has 1 aromatic rings. The first-order valence-electron chi connectivity index (χ1n) is 15.8. The Morgan fingerprint density at radius 3 is 2.30 bits per heavy atom. The summed E-state index contributed by atoms with van der Waals surface area (Å²) in [5, 5.41) is 46.8. The first kappa shape index (κ1) is 36.0. The number of allylic oxidation sites excluding steroid dienone is 1. The van der Waals surface area contributed by atoms with Crippen molar-refractivity contribution in [3.63, 3.8) is 0 Å². The van der Waals surface area contributed by atoms with Crippen LogP contribution in [0.3, 0.4) is 0 Å². The molecule has 4 rings (SSSR count). The Balaban J connectivity index is 1.86. The number of carbonyl (C=O) groups excluding carboxylic acids is 3. The summed E-state index contributed by atoms with van der Waals surface area (Å²) in [5.74, 6) is -4.73. The summed E-state index contributed by atoms with van der Waals surface area (Å²) in [4.78, 5) is 39.6. The second kappa shape index (κ2) is 13.3. The molecule has 2 radical (unpaired) electrons. The molecule has 1 saturated heterocycles. The number of hydrogen-bond donors (Lipinski definition) is 4. The van der Waals surface area contributed by atoms with Gasteiger partial charge in [0.05, 0.1) is 24.4 Å². The largest absolute Gasteiger partial charge is 0.456 e. The van der Waals surface area contributed by atoms with Crippen LogP contribution in [0.15, 0.2) is 53.1 Å². The second-order valence-corrected chi connectivity index (χ2v) is 14.2. The summed E-state index contributed by atoms with van der Waals surface area (Å²) < 4.78 is 17.7. The van der Waals surface area contributed by atoms with Crippen molar-refractivity contribution in [2.24, 2.45) is 23.2 Å². The zero-order valence-electron chi connectivity index (χ0n) is 27.7. The Morgan fingerprint density at radius 1 is 1.13 bits per heavy atom. The van der Waals surface area contributed by atoms with Crippen molar-refractivity contribution >= 4 is 17.7 Å². The highest BCUT2D eigenvalue weighted by Crippen LogP contribution is 2.57. The van der Waals surface area contributed by atoms with E-state index in [0.717, 1.165) is 5.57 Å². The third-order valence-corrected chi connectivity index (χ3v) is 10.4. The summed E-state index contributed by atoms with van der Waals surface area (Å²) in [6.45, 7) is 17.7. The molecule has 1 aromatic carbocycles. The number of aliphatic hydroxyl groups is 4. The lowest BCUT2D eigenvalue weighted by atomic mass is 9.52. The number of Topliss-reactive ketones (excluding diaryl/α,β-unsaturated/α-hetero) is 1. The molecule has 1 saturated carbocycles. The number of rotatable bonds is 10. The van der Waals surface area contributed by atoms with Gasteiger partial charge in [-0.1, -0.05) is 56.2 Å². The molecule has 0 amide bonds. The fourth-order valence-electron chi connectivity index (χ4n) is 7.54. The Bertz CT molecular complexity index is 1380. The first-order chi connectivity index (χ1) is 21.3. The summed E-state index contributed by atoms with van der Waals surface area (Å²) in [7, 11) is 0. The van der Waals surface area contributed by atoms with Gasteiger partial charge >= 0.3 is 11.9 Å². The van der Waals surface area contributed by atoms with Crippen molar-refractivity contribution < 1.29 is 49.0 Å². The van der Waals surface area contributed by atoms with Crippen molar-refractivity contribution in [3.8, 4) is 0 Å². The molecule has 3 aliphatic rings. The van der Waals surface area contributed by atoms with Crippen molar-refractivity contribution in [2.75, 3.05) is 6.61 Å². The average Bonchev–Trinajstić information content (AvgIpc) is 2.98. The van der Waals surface area contributed by atoms with Gasteiger partial charge in [0.2, 0.25) is 0 Å². The predicted octanol–water partition coefficient (Wildman–Crippen LogP) is 3.38. The maximum absolute atomic E-state index is 13.7. The van der Waals surface area contributed by atoms with Crippen LogP contribution >= 0.6 is 0 Å². The third kappa shape index (κ3) is 6.47. The highest BCUT2D eigenvalue weighted by Gasteiger charge is 2.68. The van der Waals surface area contributed by atoms with Crippen LogP contribution in [0.5, 0.6) is 0 Å². The Hall–Kier alpha value is -2.89. The highest BCUT2D eigenvalue weighted by molar-refractivity contribution is 5.89. The number of benzene rings is 1. The third-order valence-electron chi connectivity index (χ3n) is 10.4. The lowest BCUT2D eigenvalue weighted by molar-refractivity contribution is -0.328. The molecule has 252 valence electrons. The van der Waals surface area contributed by atoms with E-state index in [-0.39, 0.29) is 37.2 Å². The van der Waals surface area contributed by atoms with E-state index in [9.17, 15) is 34.8 Å². The molecule has 1 aliphatic heterocycles. The van der Waals surface area contributed by atoms with Gasteiger partial charge in [0, 0.05) is 36.5 Å². The van der Waals surface area contributed by atoms with E-state index in [1.54, 1.807) is 71.9 Å². The van der Waals surface area contributed by atoms with Gasteiger partial charge in [0.1, 0.15) is 29.2 Å². The molecule has 46 heavy (non-hydrogen) atoms. The van der Waals surface area contributed by atoms with Crippen LogP contribution in [0.4, 0.5) is 0 Å². The molecule has 10 heteroatoms. The highest BCUT2D eigenvalue weighted by atomic mass is 16.6. The van der Waals surface area contributed by atoms with Gasteiger partial charge in [-0.25, -0.2) is 9.59 Å². The Morgan fingerprint density at radius 2 is 1.76 bits per heavy atom. The topological polar surface area (TPSA) is 160 Å². The minimum atomic E-state index is -2.06. The summed E-state index contributed by atoms with van der Waals surface area (Å²) >= 11 is 0. The van der Waals surface area contributed by atoms with E-state index >= 15 is 0 Å². The number of ether oxygens (including phenoxy) is 3. The molecular formula is C36H48O10. The van der Waals surface area contributed by atoms with Gasteiger partial charge in [0.15, 0.2) is 6.10 Å². The molecule has 0 aromatic heterocycles. The van der Waals surface area contributed by atoms with Crippen molar-refractivity contribution in [2.45, 2.75) is 109 Å². The standard InChI is InChI=1S/C36H48O10/c1-19(2)14-20(3)30(39)33(41)45-27-17-36(43,34(7,8)25(22(27)5)15-21(4)37)31(46-32(40)24-12-10-9-11-13-24)29-23(6)26(38)16-28-35(29,42)18-44-28/h3,9-14,20,23,26-31,38-39,42-43H,15-18H2,1-2,4-8H3/t20?,23-,26?,27?,28?,29?,30?,31?,35?,36?/m0/s1. The summed E-state index contributed by atoms with van der Waals surface area (Å²) in [6, 6.07) is 8.19. The fraction of sp³-hybridized carbons (Fsp3) is 0.611. The summed E-state index contributed by atoms with van der Waals surface area (Å²) in [6.07, 6.45) is -4.76. The molecule has 4 N–H and O–H groups in total. The molecule has 10 atom stereocenters. The molecule has 2 fully saturated rings. The van der Waals surface area contributed by atoms with Gasteiger partial charge in [-0.05, 0) is 58.2 Å². The molecular weight excluding hydrogens is 592 g/mol. The fourth-order valence-corrected chi connectivity index (χ4v) is 7.54. The van der Waals surface area contributed by atoms with Crippen molar-refractivity contribution in [1.82, 2.24) is 0 Å². The zero-order chi connectivity index (χ0) is 34.4. The second-order valence-electron chi connectivity index (χ2n) is 14.2. The molecule has 10 nitrogen and oxygen atoms in total. The van der Waals surface area contributed by atoms with E-state index < -0.39 is 76.8 Å². The minimum absolute atomic E-state index is 0.0999. The number of hydrogen-bond acceptors (Lipinski definition) is 10. The van der Waals surface area contributed by atoms with E-state index in [2.05, 4.69) is 0 Å². The van der Waals surface area contributed by atoms with Gasteiger partial charge in [-0.15, -0.1) is 0 Å². The van der Waals surface area contributed by atoms with Crippen LogP contribution in [0.25, 0.3) is 0 Å². The van der Waals surface area contributed by atoms with Crippen molar-refractivity contribution in [1.29, 1.82) is 0 Å². The van der Waals surface area contributed by atoms with E-state index in [4.69, 9.17) is 21.1 Å². The molecule has 2 aliphatic carbocycles. The van der Waals surface area contributed by atoms with Crippen LogP contribution in [-0.2, 0) is 23.8 Å². The van der Waals surface area contributed by atoms with Crippen LogP contribution in [0.1, 0.15) is 78.1 Å². The van der Waals surface area contributed by atoms with Gasteiger partial charge in [-0.3, -0.25) is 4.79 Å². The number of esters is 2. The van der Waals surface area contributed by atoms with Crippen molar-refractivity contribution in [3.05, 3.63) is 65.6 Å². The van der Waals surface area contributed by atoms with Crippen LogP contribution in [0.2, 0.25) is 0 Å². The predicted molar refractivity (Wildman–Crippen MR) is 168 cm³/mol. The van der Waals surface area contributed by atoms with E-state index in [1.807, 2.05) is 0 Å². The van der Waals surface area contributed by atoms with Gasteiger partial charge < -0.3 is 34.6 Å². The SMILES string of the molecule is [CH]C(C=C(C)C)C(O)C(=O)OC1CC(O)(C(OC(=O)c2ccccc2)C2[C@@H](C)C(O)CC3OCC32O)C(C)(C)C(CC(C)=O)=C1C. The maximum Gasteiger partial charge on any atom is 0.338 e. The van der Waals surface area contributed by atoms with E-state index in [1.165, 1.54) is 13.0 Å². The summed E-state index contributed by atoms with van der Waals surface area (Å²) in [5.41, 5.74) is -2.92. The lowest BCUT2D eigenvalue weighted by Gasteiger charge is -2.62. The van der Waals surface area contributed by atoms with Gasteiger partial charge in [0.25, 0.3) is 0 Å². The molecule has 0 spiro atoms. The molecule has 9 unspecified atom stereocenters. The number of ketones is 1. The number of aliphatic hydroxyl groups excluding tert-OH is 2. The van der Waals surface area contributed by atoms with Gasteiger partial charge in [-0.2, -0.15) is 0 Å². The van der Waals surface area contributed by atoms with E-state index in [0.29, 0.717) is 11.1 Å². The quantitative estimate of drug-likeness (QED) is 0.221. The minimum Gasteiger partial charge on any atom is -0.456 e. The average molecular weight is 641 g/mol. The lowest BCUT2D eigenvalue weighted by Crippen LogP contribution is -2.75. The monoisotopic (exact) mass is 640 g/mol. The first-order valence-corrected chi connectivity index (χ1v) is 15.8. The smallest absolute Gasteiger partial charge is 0.338 e. The molecule has 0 bridgehead atoms.